The van der Waals surface area contributed by atoms with Gasteiger partial charge in [0.15, 0.2) is 6.61 Å². The number of anilines is 1. The van der Waals surface area contributed by atoms with Gasteiger partial charge in [0.2, 0.25) is 0 Å². The number of carbonyl (C=O) groups is 2. The Balaban J connectivity index is 1.51. The minimum Gasteiger partial charge on any atom is -0.452 e. The number of hydrogen-bond acceptors (Lipinski definition) is 4. The number of piperazine rings is 1. The van der Waals surface area contributed by atoms with Crippen molar-refractivity contribution < 1.29 is 23.1 Å². The summed E-state index contributed by atoms with van der Waals surface area (Å²) in [7, 11) is 0. The van der Waals surface area contributed by atoms with Crippen molar-refractivity contribution in [2.75, 3.05) is 37.7 Å². The van der Waals surface area contributed by atoms with Gasteiger partial charge in [0.25, 0.3) is 5.91 Å². The van der Waals surface area contributed by atoms with Crippen LogP contribution >= 0.6 is 11.6 Å². The summed E-state index contributed by atoms with van der Waals surface area (Å²) < 4.78 is 31.3. The van der Waals surface area contributed by atoms with E-state index in [1.807, 2.05) is 24.3 Å². The van der Waals surface area contributed by atoms with E-state index in [9.17, 15) is 18.4 Å². The van der Waals surface area contributed by atoms with Crippen molar-refractivity contribution in [3.8, 4) is 0 Å². The normalized spacial score (nSPS) is 14.2. The molecule has 0 saturated carbocycles. The molecule has 142 valence electrons. The lowest BCUT2D eigenvalue weighted by Gasteiger charge is -2.36. The lowest BCUT2D eigenvalue weighted by molar-refractivity contribution is -0.134. The van der Waals surface area contributed by atoms with Gasteiger partial charge in [-0.1, -0.05) is 23.7 Å². The second kappa shape index (κ2) is 8.35. The molecule has 0 spiro atoms. The maximum atomic E-state index is 13.6. The number of halogens is 3. The maximum Gasteiger partial charge on any atom is 0.341 e. The summed E-state index contributed by atoms with van der Waals surface area (Å²) in [6.07, 6.45) is 0. The molecule has 27 heavy (non-hydrogen) atoms. The molecular weight excluding hydrogens is 378 g/mol. The fourth-order valence-electron chi connectivity index (χ4n) is 2.86. The van der Waals surface area contributed by atoms with Crippen LogP contribution in [0.5, 0.6) is 0 Å². The van der Waals surface area contributed by atoms with Crippen LogP contribution in [0.2, 0.25) is 5.02 Å². The third kappa shape index (κ3) is 4.54. The molecule has 1 amide bonds. The first-order valence-corrected chi connectivity index (χ1v) is 8.73. The van der Waals surface area contributed by atoms with Crippen LogP contribution in [0.15, 0.2) is 42.5 Å². The lowest BCUT2D eigenvalue weighted by atomic mass is 10.2. The Morgan fingerprint density at radius 2 is 1.74 bits per heavy atom. The highest BCUT2D eigenvalue weighted by molar-refractivity contribution is 6.33. The third-order valence-electron chi connectivity index (χ3n) is 4.30. The van der Waals surface area contributed by atoms with Gasteiger partial charge in [-0.3, -0.25) is 4.79 Å². The van der Waals surface area contributed by atoms with Crippen molar-refractivity contribution in [1.82, 2.24) is 4.90 Å². The van der Waals surface area contributed by atoms with Gasteiger partial charge < -0.3 is 14.5 Å². The zero-order valence-electron chi connectivity index (χ0n) is 14.3. The van der Waals surface area contributed by atoms with Crippen LogP contribution < -0.4 is 4.90 Å². The summed E-state index contributed by atoms with van der Waals surface area (Å²) in [6, 6.07) is 10.00. The minimum atomic E-state index is -1.03. The molecule has 2 aromatic rings. The van der Waals surface area contributed by atoms with Gasteiger partial charge in [-0.15, -0.1) is 0 Å². The number of carbonyl (C=O) groups excluding carboxylic acids is 2. The molecule has 1 aliphatic rings. The van der Waals surface area contributed by atoms with Crippen molar-refractivity contribution in [1.29, 1.82) is 0 Å². The Hall–Kier alpha value is -2.67. The van der Waals surface area contributed by atoms with Crippen LogP contribution in [0.1, 0.15) is 10.4 Å². The van der Waals surface area contributed by atoms with E-state index >= 15 is 0 Å². The van der Waals surface area contributed by atoms with E-state index in [0.29, 0.717) is 37.3 Å². The summed E-state index contributed by atoms with van der Waals surface area (Å²) in [5.74, 6) is -3.20. The molecule has 1 fully saturated rings. The Morgan fingerprint density at radius 3 is 2.41 bits per heavy atom. The summed E-state index contributed by atoms with van der Waals surface area (Å²) in [6.45, 7) is 1.59. The Labute approximate surface area is 160 Å². The molecular formula is C19H17ClF2N2O3. The lowest BCUT2D eigenvalue weighted by Crippen LogP contribution is -2.50. The third-order valence-corrected chi connectivity index (χ3v) is 4.62. The SMILES string of the molecule is O=C(OCC(=O)N1CCN(c2ccccc2Cl)CC1)c1ccc(F)cc1F. The Morgan fingerprint density at radius 1 is 1.04 bits per heavy atom. The summed E-state index contributed by atoms with van der Waals surface area (Å²) >= 11 is 6.19. The fraction of sp³-hybridized carbons (Fsp3) is 0.263. The van der Waals surface area contributed by atoms with Gasteiger partial charge in [0.1, 0.15) is 11.6 Å². The first-order chi connectivity index (χ1) is 13.0. The maximum absolute atomic E-state index is 13.6. The van der Waals surface area contributed by atoms with Crippen molar-refractivity contribution in [3.63, 3.8) is 0 Å². The minimum absolute atomic E-state index is 0.371. The fourth-order valence-corrected chi connectivity index (χ4v) is 3.11. The van der Waals surface area contributed by atoms with Crippen molar-refractivity contribution >= 4 is 29.2 Å². The predicted molar refractivity (Wildman–Crippen MR) is 96.9 cm³/mol. The molecule has 0 bridgehead atoms. The molecule has 1 heterocycles. The van der Waals surface area contributed by atoms with Crippen LogP contribution in [-0.4, -0.2) is 49.6 Å². The zero-order chi connectivity index (χ0) is 19.4. The molecule has 2 aromatic carbocycles. The molecule has 1 saturated heterocycles. The number of hydrogen-bond donors (Lipinski definition) is 0. The number of para-hydroxylation sites is 1. The number of benzene rings is 2. The standard InChI is InChI=1S/C19H17ClF2N2O3/c20-15-3-1-2-4-17(15)23-7-9-24(10-8-23)18(25)12-27-19(26)14-6-5-13(21)11-16(14)22/h1-6,11H,7-10,12H2. The summed E-state index contributed by atoms with van der Waals surface area (Å²) in [4.78, 5) is 27.7. The van der Waals surface area contributed by atoms with Gasteiger partial charge in [-0.25, -0.2) is 13.6 Å². The van der Waals surface area contributed by atoms with Crippen molar-refractivity contribution in [2.45, 2.75) is 0 Å². The quantitative estimate of drug-likeness (QED) is 0.748. The van der Waals surface area contributed by atoms with Crippen molar-refractivity contribution in [2.24, 2.45) is 0 Å². The van der Waals surface area contributed by atoms with E-state index in [1.165, 1.54) is 0 Å². The Kier molecular flexibility index (Phi) is 5.91. The second-order valence-electron chi connectivity index (χ2n) is 6.02. The van der Waals surface area contributed by atoms with Crippen LogP contribution in [0, 0.1) is 11.6 Å². The van der Waals surface area contributed by atoms with Gasteiger partial charge in [0.05, 0.1) is 16.3 Å². The van der Waals surface area contributed by atoms with E-state index in [1.54, 1.807) is 4.90 Å². The number of rotatable bonds is 4. The van der Waals surface area contributed by atoms with E-state index in [-0.39, 0.29) is 5.91 Å². The molecule has 5 nitrogen and oxygen atoms in total. The Bertz CT molecular complexity index is 855. The number of ether oxygens (including phenoxy) is 1. The number of nitrogens with zero attached hydrogens (tertiary/aromatic N) is 2. The molecule has 0 radical (unpaired) electrons. The highest BCUT2D eigenvalue weighted by Gasteiger charge is 2.24. The molecule has 1 aliphatic heterocycles. The smallest absolute Gasteiger partial charge is 0.341 e. The zero-order valence-corrected chi connectivity index (χ0v) is 15.1. The molecule has 0 aromatic heterocycles. The number of esters is 1. The van der Waals surface area contributed by atoms with E-state index < -0.39 is 29.8 Å². The van der Waals surface area contributed by atoms with Gasteiger partial charge in [-0.05, 0) is 24.3 Å². The predicted octanol–water partition coefficient (Wildman–Crippen LogP) is 3.12. The molecule has 3 rings (SSSR count). The van der Waals surface area contributed by atoms with Crippen LogP contribution in [-0.2, 0) is 9.53 Å². The van der Waals surface area contributed by atoms with Crippen molar-refractivity contribution in [3.05, 3.63) is 64.7 Å². The molecule has 0 atom stereocenters. The van der Waals surface area contributed by atoms with E-state index in [0.717, 1.165) is 17.8 Å². The monoisotopic (exact) mass is 394 g/mol. The van der Waals surface area contributed by atoms with Gasteiger partial charge >= 0.3 is 5.97 Å². The summed E-state index contributed by atoms with van der Waals surface area (Å²) in [5, 5.41) is 0.646. The average molecular weight is 395 g/mol. The van der Waals surface area contributed by atoms with Gasteiger partial charge in [-0.2, -0.15) is 0 Å². The highest BCUT2D eigenvalue weighted by atomic mass is 35.5. The van der Waals surface area contributed by atoms with Gasteiger partial charge in [0, 0.05) is 32.2 Å². The second-order valence-corrected chi connectivity index (χ2v) is 6.43. The summed E-state index contributed by atoms with van der Waals surface area (Å²) in [5.41, 5.74) is 0.497. The number of amides is 1. The van der Waals surface area contributed by atoms with E-state index in [2.05, 4.69) is 4.90 Å². The van der Waals surface area contributed by atoms with Crippen LogP contribution in [0.25, 0.3) is 0 Å². The molecule has 0 aliphatic carbocycles. The first-order valence-electron chi connectivity index (χ1n) is 8.35. The average Bonchev–Trinajstić information content (AvgIpc) is 2.66. The molecule has 0 N–H and O–H groups in total. The highest BCUT2D eigenvalue weighted by Crippen LogP contribution is 2.26. The topological polar surface area (TPSA) is 49.9 Å². The first kappa shape index (κ1) is 19.1. The van der Waals surface area contributed by atoms with Crippen LogP contribution in [0.4, 0.5) is 14.5 Å². The molecule has 0 unspecified atom stereocenters. The van der Waals surface area contributed by atoms with Crippen LogP contribution in [0.3, 0.4) is 0 Å². The molecule has 8 heteroatoms. The van der Waals surface area contributed by atoms with E-state index in [4.69, 9.17) is 16.3 Å². The largest absolute Gasteiger partial charge is 0.452 e.